The molecule has 34 heavy (non-hydrogen) atoms. The Bertz CT molecular complexity index is 1550. The molecule has 0 unspecified atom stereocenters. The zero-order chi connectivity index (χ0) is 23.2. The number of benzene rings is 1. The molecule has 0 bridgehead atoms. The van der Waals surface area contributed by atoms with Gasteiger partial charge >= 0.3 is 0 Å². The van der Waals surface area contributed by atoms with E-state index >= 15 is 0 Å². The number of hydrogen-bond donors (Lipinski definition) is 1. The van der Waals surface area contributed by atoms with Gasteiger partial charge in [0.25, 0.3) is 5.91 Å². The minimum Gasteiger partial charge on any atom is -0.320 e. The Morgan fingerprint density at radius 3 is 2.85 bits per heavy atom. The second kappa shape index (κ2) is 8.06. The van der Waals surface area contributed by atoms with Gasteiger partial charge in [-0.1, -0.05) is 18.6 Å². The summed E-state index contributed by atoms with van der Waals surface area (Å²) in [5.41, 5.74) is 5.25. The number of hydrogen-bond acceptors (Lipinski definition) is 4. The van der Waals surface area contributed by atoms with Crippen LogP contribution in [0, 0.1) is 12.7 Å². The third-order valence-electron chi connectivity index (χ3n) is 6.57. The molecule has 170 valence electrons. The molecular formula is C26H23FN6O. The van der Waals surface area contributed by atoms with Gasteiger partial charge in [0.05, 0.1) is 35.3 Å². The summed E-state index contributed by atoms with van der Waals surface area (Å²) < 4.78 is 17.0. The largest absolute Gasteiger partial charge is 0.320 e. The van der Waals surface area contributed by atoms with Crippen LogP contribution in [0.3, 0.4) is 0 Å². The van der Waals surface area contributed by atoms with Gasteiger partial charge in [-0.2, -0.15) is 5.10 Å². The fourth-order valence-electron chi connectivity index (χ4n) is 4.63. The summed E-state index contributed by atoms with van der Waals surface area (Å²) in [7, 11) is 0. The molecule has 0 atom stereocenters. The molecule has 0 saturated heterocycles. The van der Waals surface area contributed by atoms with Gasteiger partial charge in [-0.25, -0.2) is 9.37 Å². The van der Waals surface area contributed by atoms with E-state index in [1.807, 2.05) is 35.9 Å². The molecule has 1 amide bonds. The molecule has 1 aliphatic rings. The molecule has 1 fully saturated rings. The summed E-state index contributed by atoms with van der Waals surface area (Å²) >= 11 is 0. The molecule has 6 rings (SSSR count). The van der Waals surface area contributed by atoms with Crippen LogP contribution in [0.5, 0.6) is 0 Å². The lowest BCUT2D eigenvalue weighted by molar-refractivity contribution is 0.102. The summed E-state index contributed by atoms with van der Waals surface area (Å²) in [6.07, 6.45) is 6.65. The van der Waals surface area contributed by atoms with E-state index in [-0.39, 0.29) is 5.91 Å². The van der Waals surface area contributed by atoms with Crippen LogP contribution in [0.1, 0.15) is 52.8 Å². The number of aromatic nitrogens is 5. The number of fused-ring (bicyclic) bond motifs is 2. The van der Waals surface area contributed by atoms with Gasteiger partial charge in [0.2, 0.25) is 0 Å². The normalized spacial score (nSPS) is 13.9. The fourth-order valence-corrected chi connectivity index (χ4v) is 4.63. The van der Waals surface area contributed by atoms with Crippen LogP contribution in [-0.4, -0.2) is 30.1 Å². The molecule has 1 aromatic carbocycles. The SMILES string of the molecule is Cc1nn(Cc2cccc(C3CCC3)n2)c2cccc(NC(=O)c3cnc4cc(F)ccn34)c12. The molecule has 1 aliphatic carbocycles. The van der Waals surface area contributed by atoms with Crippen molar-refractivity contribution in [1.29, 1.82) is 0 Å². The number of imidazole rings is 1. The second-order valence-electron chi connectivity index (χ2n) is 8.80. The average molecular weight is 455 g/mol. The molecule has 5 aromatic rings. The molecule has 1 N–H and O–H groups in total. The zero-order valence-electron chi connectivity index (χ0n) is 18.7. The maximum atomic E-state index is 13.5. The lowest BCUT2D eigenvalue weighted by Crippen LogP contribution is -2.14. The summed E-state index contributed by atoms with van der Waals surface area (Å²) in [6.45, 7) is 2.49. The van der Waals surface area contributed by atoms with Crippen molar-refractivity contribution in [2.45, 2.75) is 38.6 Å². The van der Waals surface area contributed by atoms with Crippen LogP contribution in [0.15, 0.2) is 60.9 Å². The van der Waals surface area contributed by atoms with E-state index in [1.54, 1.807) is 4.40 Å². The summed E-state index contributed by atoms with van der Waals surface area (Å²) in [6, 6.07) is 14.6. The number of nitrogens with zero attached hydrogens (tertiary/aromatic N) is 5. The zero-order valence-corrected chi connectivity index (χ0v) is 18.7. The first-order chi connectivity index (χ1) is 16.6. The second-order valence-corrected chi connectivity index (χ2v) is 8.80. The van der Waals surface area contributed by atoms with Crippen molar-refractivity contribution in [1.82, 2.24) is 24.1 Å². The first-order valence-electron chi connectivity index (χ1n) is 11.4. The van der Waals surface area contributed by atoms with Gasteiger partial charge in [0.1, 0.15) is 17.2 Å². The number of pyridine rings is 2. The average Bonchev–Trinajstić information content (AvgIpc) is 3.34. The van der Waals surface area contributed by atoms with Crippen LogP contribution in [0.4, 0.5) is 10.1 Å². The topological polar surface area (TPSA) is 77.1 Å². The van der Waals surface area contributed by atoms with E-state index in [2.05, 4.69) is 22.4 Å². The molecule has 1 saturated carbocycles. The van der Waals surface area contributed by atoms with Crippen LogP contribution in [0.25, 0.3) is 16.6 Å². The highest BCUT2D eigenvalue weighted by molar-refractivity contribution is 6.08. The van der Waals surface area contributed by atoms with Gasteiger partial charge in [-0.05, 0) is 50.1 Å². The summed E-state index contributed by atoms with van der Waals surface area (Å²) in [4.78, 5) is 22.1. The van der Waals surface area contributed by atoms with Gasteiger partial charge in [0.15, 0.2) is 0 Å². The van der Waals surface area contributed by atoms with Crippen LogP contribution in [0.2, 0.25) is 0 Å². The minimum atomic E-state index is -0.398. The van der Waals surface area contributed by atoms with E-state index in [1.165, 1.54) is 43.8 Å². The van der Waals surface area contributed by atoms with E-state index in [9.17, 15) is 9.18 Å². The minimum absolute atomic E-state index is 0.325. The van der Waals surface area contributed by atoms with Crippen molar-refractivity contribution in [3.05, 3.63) is 89.5 Å². The van der Waals surface area contributed by atoms with Gasteiger partial charge in [-0.3, -0.25) is 18.9 Å². The van der Waals surface area contributed by atoms with Crippen LogP contribution >= 0.6 is 0 Å². The third-order valence-corrected chi connectivity index (χ3v) is 6.57. The number of amides is 1. The quantitative estimate of drug-likeness (QED) is 0.401. The predicted molar refractivity (Wildman–Crippen MR) is 128 cm³/mol. The van der Waals surface area contributed by atoms with E-state index in [4.69, 9.17) is 10.1 Å². The Labute approximate surface area is 195 Å². The Morgan fingerprint density at radius 2 is 2.03 bits per heavy atom. The number of anilines is 1. The lowest BCUT2D eigenvalue weighted by atomic mass is 9.82. The Morgan fingerprint density at radius 1 is 1.18 bits per heavy atom. The highest BCUT2D eigenvalue weighted by atomic mass is 19.1. The molecule has 0 radical (unpaired) electrons. The summed E-state index contributed by atoms with van der Waals surface area (Å²) in [5.74, 6) is -0.145. The molecule has 8 heteroatoms. The van der Waals surface area contributed by atoms with E-state index in [0.29, 0.717) is 29.5 Å². The van der Waals surface area contributed by atoms with E-state index in [0.717, 1.165) is 28.0 Å². The molecule has 7 nitrogen and oxygen atoms in total. The van der Waals surface area contributed by atoms with Gasteiger partial charge in [-0.15, -0.1) is 0 Å². The molecule has 4 aromatic heterocycles. The van der Waals surface area contributed by atoms with Crippen molar-refractivity contribution in [3.8, 4) is 0 Å². The Kier molecular flexibility index (Phi) is 4.86. The monoisotopic (exact) mass is 454 g/mol. The Hall–Kier alpha value is -4.07. The van der Waals surface area contributed by atoms with E-state index < -0.39 is 5.82 Å². The molecular weight excluding hydrogens is 431 g/mol. The maximum Gasteiger partial charge on any atom is 0.274 e. The number of rotatable bonds is 5. The number of halogens is 1. The van der Waals surface area contributed by atoms with Gasteiger partial charge in [0, 0.05) is 29.3 Å². The fraction of sp³-hybridized carbons (Fsp3) is 0.231. The van der Waals surface area contributed by atoms with Crippen molar-refractivity contribution in [2.75, 3.05) is 5.32 Å². The van der Waals surface area contributed by atoms with Crippen LogP contribution in [-0.2, 0) is 6.54 Å². The smallest absolute Gasteiger partial charge is 0.274 e. The number of aryl methyl sites for hydroxylation is 1. The summed E-state index contributed by atoms with van der Waals surface area (Å²) in [5, 5.41) is 8.62. The molecule has 0 aliphatic heterocycles. The van der Waals surface area contributed by atoms with Crippen molar-refractivity contribution in [3.63, 3.8) is 0 Å². The number of carbonyl (C=O) groups is 1. The lowest BCUT2D eigenvalue weighted by Gasteiger charge is -2.25. The standard InChI is InChI=1S/C26H23FN6O/c1-16-25-21(30-26(34)23-14-28-24-13-18(27)11-12-32(23)24)9-4-10-22(25)33(31-16)15-19-7-3-8-20(29-19)17-5-2-6-17/h3-4,7-14,17H,2,5-6,15H2,1H3,(H,30,34). The number of carbonyl (C=O) groups excluding carboxylic acids is 1. The first kappa shape index (κ1) is 20.5. The van der Waals surface area contributed by atoms with Crippen LogP contribution < -0.4 is 5.32 Å². The highest BCUT2D eigenvalue weighted by Crippen LogP contribution is 2.35. The molecule has 0 spiro atoms. The third kappa shape index (κ3) is 3.51. The van der Waals surface area contributed by atoms with Crippen molar-refractivity contribution < 1.29 is 9.18 Å². The highest BCUT2D eigenvalue weighted by Gasteiger charge is 2.21. The van der Waals surface area contributed by atoms with Gasteiger partial charge < -0.3 is 5.32 Å². The predicted octanol–water partition coefficient (Wildman–Crippen LogP) is 5.09. The van der Waals surface area contributed by atoms with Crippen molar-refractivity contribution >= 4 is 28.1 Å². The Balaban J connectivity index is 1.31. The number of nitrogens with one attached hydrogen (secondary N) is 1. The molecule has 4 heterocycles. The van der Waals surface area contributed by atoms with Crippen molar-refractivity contribution in [2.24, 2.45) is 0 Å². The maximum absolute atomic E-state index is 13.5. The first-order valence-corrected chi connectivity index (χ1v) is 11.4.